The van der Waals surface area contributed by atoms with Crippen molar-refractivity contribution in [3.05, 3.63) is 53.6 Å². The van der Waals surface area contributed by atoms with Crippen molar-refractivity contribution in [2.24, 2.45) is 0 Å². The van der Waals surface area contributed by atoms with Crippen LogP contribution in [0.2, 0.25) is 0 Å². The van der Waals surface area contributed by atoms with Crippen molar-refractivity contribution in [2.45, 2.75) is 40.0 Å². The molecule has 0 saturated heterocycles. The molecule has 0 aliphatic rings. The molecule has 5 heteroatoms. The number of carbonyl (C=O) groups is 2. The number of aryl methyl sites for hydroxylation is 2. The summed E-state index contributed by atoms with van der Waals surface area (Å²) in [7, 11) is 0. The maximum absolute atomic E-state index is 12.2. The highest BCUT2D eigenvalue weighted by Crippen LogP contribution is 2.21. The van der Waals surface area contributed by atoms with Gasteiger partial charge in [0.15, 0.2) is 0 Å². The number of anilines is 3. The second kappa shape index (κ2) is 9.61. The summed E-state index contributed by atoms with van der Waals surface area (Å²) >= 11 is 0. The smallest absolute Gasteiger partial charge is 0.243 e. The molecule has 138 valence electrons. The molecule has 2 aromatic rings. The lowest BCUT2D eigenvalue weighted by molar-refractivity contribution is -0.116. The van der Waals surface area contributed by atoms with Gasteiger partial charge in [-0.3, -0.25) is 9.59 Å². The van der Waals surface area contributed by atoms with E-state index in [0.717, 1.165) is 29.8 Å². The lowest BCUT2D eigenvalue weighted by atomic mass is 10.1. The average Bonchev–Trinajstić information content (AvgIpc) is 2.62. The van der Waals surface area contributed by atoms with Crippen molar-refractivity contribution in [2.75, 3.05) is 22.5 Å². The zero-order chi connectivity index (χ0) is 18.9. The van der Waals surface area contributed by atoms with E-state index in [0.29, 0.717) is 12.1 Å². The van der Waals surface area contributed by atoms with Crippen LogP contribution < -0.4 is 16.0 Å². The van der Waals surface area contributed by atoms with Gasteiger partial charge >= 0.3 is 0 Å². The van der Waals surface area contributed by atoms with Gasteiger partial charge in [0.1, 0.15) is 0 Å². The molecule has 0 heterocycles. The number of rotatable bonds is 8. The van der Waals surface area contributed by atoms with Gasteiger partial charge in [0.25, 0.3) is 0 Å². The van der Waals surface area contributed by atoms with Crippen LogP contribution in [0.4, 0.5) is 17.1 Å². The van der Waals surface area contributed by atoms with Crippen LogP contribution in [-0.4, -0.2) is 18.4 Å². The Morgan fingerprint density at radius 1 is 0.885 bits per heavy atom. The van der Waals surface area contributed by atoms with Gasteiger partial charge in [-0.15, -0.1) is 0 Å². The fourth-order valence-electron chi connectivity index (χ4n) is 2.74. The maximum Gasteiger partial charge on any atom is 0.243 e. The Bertz CT molecular complexity index is 754. The highest BCUT2D eigenvalue weighted by Gasteiger charge is 2.07. The fraction of sp³-hybridized carbons (Fsp3) is 0.333. The lowest BCUT2D eigenvalue weighted by Crippen LogP contribution is -2.22. The molecule has 0 radical (unpaired) electrons. The van der Waals surface area contributed by atoms with E-state index in [1.54, 1.807) is 24.3 Å². The second-order valence-electron chi connectivity index (χ2n) is 6.24. The number of carbonyl (C=O) groups excluding carboxylic acids is 2. The summed E-state index contributed by atoms with van der Waals surface area (Å²) in [6, 6.07) is 13.3. The topological polar surface area (TPSA) is 70.2 Å². The Kier molecular flexibility index (Phi) is 7.21. The molecule has 26 heavy (non-hydrogen) atoms. The van der Waals surface area contributed by atoms with Crippen molar-refractivity contribution >= 4 is 28.9 Å². The maximum atomic E-state index is 12.2. The molecule has 5 nitrogen and oxygen atoms in total. The van der Waals surface area contributed by atoms with Gasteiger partial charge < -0.3 is 16.0 Å². The standard InChI is InChI=1S/C21H27N3O2/c1-4-7-19(25)23-17-10-12-18(13-11-17)24-20(26)14-22-21-15(3)8-6-9-16(21)5-2/h6,8-13,22H,4-5,7,14H2,1-3H3,(H,23,25)(H,24,26). The first-order valence-corrected chi connectivity index (χ1v) is 9.05. The Morgan fingerprint density at radius 2 is 1.50 bits per heavy atom. The average molecular weight is 353 g/mol. The van der Waals surface area contributed by atoms with Crippen molar-refractivity contribution in [1.82, 2.24) is 0 Å². The van der Waals surface area contributed by atoms with Crippen LogP contribution >= 0.6 is 0 Å². The van der Waals surface area contributed by atoms with Gasteiger partial charge in [-0.05, 0) is 55.2 Å². The molecule has 2 amide bonds. The van der Waals surface area contributed by atoms with E-state index < -0.39 is 0 Å². The highest BCUT2D eigenvalue weighted by molar-refractivity contribution is 5.95. The van der Waals surface area contributed by atoms with Crippen molar-refractivity contribution < 1.29 is 9.59 Å². The largest absolute Gasteiger partial charge is 0.376 e. The van der Waals surface area contributed by atoms with Gasteiger partial charge in [-0.2, -0.15) is 0 Å². The molecule has 0 fully saturated rings. The third kappa shape index (κ3) is 5.62. The minimum absolute atomic E-state index is 0.00144. The monoisotopic (exact) mass is 353 g/mol. The van der Waals surface area contributed by atoms with E-state index in [2.05, 4.69) is 28.9 Å². The van der Waals surface area contributed by atoms with Crippen LogP contribution in [0, 0.1) is 6.92 Å². The van der Waals surface area contributed by atoms with Gasteiger partial charge in [-0.25, -0.2) is 0 Å². The fourth-order valence-corrected chi connectivity index (χ4v) is 2.74. The van der Waals surface area contributed by atoms with Crippen molar-refractivity contribution in [3.8, 4) is 0 Å². The highest BCUT2D eigenvalue weighted by atomic mass is 16.2. The predicted octanol–water partition coefficient (Wildman–Crippen LogP) is 4.35. The Labute approximate surface area is 155 Å². The van der Waals surface area contributed by atoms with Gasteiger partial charge in [0.05, 0.1) is 6.54 Å². The molecule has 0 saturated carbocycles. The number of hydrogen-bond acceptors (Lipinski definition) is 3. The third-order valence-corrected chi connectivity index (χ3v) is 4.10. The normalized spacial score (nSPS) is 10.3. The first kappa shape index (κ1) is 19.5. The molecular formula is C21H27N3O2. The summed E-state index contributed by atoms with van der Waals surface area (Å²) in [5, 5.41) is 8.92. The SMILES string of the molecule is CCCC(=O)Nc1ccc(NC(=O)CNc2c(C)cccc2CC)cc1. The number of benzene rings is 2. The molecule has 2 rings (SSSR count). The summed E-state index contributed by atoms with van der Waals surface area (Å²) in [4.78, 5) is 23.8. The minimum atomic E-state index is -0.113. The molecule has 0 unspecified atom stereocenters. The van der Waals surface area contributed by atoms with Crippen LogP contribution in [0.15, 0.2) is 42.5 Å². The molecule has 2 aromatic carbocycles. The van der Waals surface area contributed by atoms with Gasteiger partial charge in [-0.1, -0.05) is 32.0 Å². The first-order valence-electron chi connectivity index (χ1n) is 9.05. The Hall–Kier alpha value is -2.82. The summed E-state index contributed by atoms with van der Waals surface area (Å²) in [6.07, 6.45) is 2.23. The molecule has 0 aromatic heterocycles. The van der Waals surface area contributed by atoms with Crippen LogP contribution in [0.25, 0.3) is 0 Å². The number of nitrogens with one attached hydrogen (secondary N) is 3. The van der Waals surface area contributed by atoms with Gasteiger partial charge in [0.2, 0.25) is 11.8 Å². The summed E-state index contributed by atoms with van der Waals surface area (Å²) in [5.74, 6) is -0.114. The summed E-state index contributed by atoms with van der Waals surface area (Å²) in [6.45, 7) is 6.30. The summed E-state index contributed by atoms with van der Waals surface area (Å²) in [5.41, 5.74) is 4.78. The van der Waals surface area contributed by atoms with E-state index in [-0.39, 0.29) is 18.4 Å². The van der Waals surface area contributed by atoms with Crippen LogP contribution in [-0.2, 0) is 16.0 Å². The quantitative estimate of drug-likeness (QED) is 0.661. The molecule has 3 N–H and O–H groups in total. The van der Waals surface area contributed by atoms with E-state index >= 15 is 0 Å². The molecule has 0 bridgehead atoms. The van der Waals surface area contributed by atoms with E-state index in [9.17, 15) is 9.59 Å². The molecular weight excluding hydrogens is 326 g/mol. The second-order valence-corrected chi connectivity index (χ2v) is 6.24. The molecule has 0 spiro atoms. The predicted molar refractivity (Wildman–Crippen MR) is 108 cm³/mol. The van der Waals surface area contributed by atoms with E-state index in [1.165, 1.54) is 5.56 Å². The molecule has 0 aliphatic heterocycles. The van der Waals surface area contributed by atoms with Crippen molar-refractivity contribution in [3.63, 3.8) is 0 Å². The van der Waals surface area contributed by atoms with Crippen LogP contribution in [0.5, 0.6) is 0 Å². The Morgan fingerprint density at radius 3 is 2.08 bits per heavy atom. The first-order chi connectivity index (χ1) is 12.5. The molecule has 0 aliphatic carbocycles. The molecule has 0 atom stereocenters. The zero-order valence-electron chi connectivity index (χ0n) is 15.7. The van der Waals surface area contributed by atoms with E-state index in [1.807, 2.05) is 26.0 Å². The number of amides is 2. The zero-order valence-corrected chi connectivity index (χ0v) is 15.7. The number of para-hydroxylation sites is 1. The summed E-state index contributed by atoms with van der Waals surface area (Å²) < 4.78 is 0. The van der Waals surface area contributed by atoms with Gasteiger partial charge in [0, 0.05) is 23.5 Å². The lowest BCUT2D eigenvalue weighted by Gasteiger charge is -2.14. The van der Waals surface area contributed by atoms with Crippen LogP contribution in [0.3, 0.4) is 0 Å². The number of hydrogen-bond donors (Lipinski definition) is 3. The van der Waals surface area contributed by atoms with Crippen LogP contribution in [0.1, 0.15) is 37.8 Å². The third-order valence-electron chi connectivity index (χ3n) is 4.10. The minimum Gasteiger partial charge on any atom is -0.376 e. The van der Waals surface area contributed by atoms with E-state index in [4.69, 9.17) is 0 Å². The Balaban J connectivity index is 1.89. The van der Waals surface area contributed by atoms with Crippen molar-refractivity contribution in [1.29, 1.82) is 0 Å².